The molecule has 0 bridgehead atoms. The SMILES string of the molecule is COc1cc(CN)cc(Br)c1OCCn1ccccc1=O. The summed E-state index contributed by atoms with van der Waals surface area (Å²) >= 11 is 3.45. The van der Waals surface area contributed by atoms with Gasteiger partial charge >= 0.3 is 0 Å². The van der Waals surface area contributed by atoms with E-state index in [1.54, 1.807) is 23.9 Å². The van der Waals surface area contributed by atoms with Gasteiger partial charge in [0, 0.05) is 18.8 Å². The zero-order valence-corrected chi connectivity index (χ0v) is 13.3. The molecule has 112 valence electrons. The summed E-state index contributed by atoms with van der Waals surface area (Å²) in [5.74, 6) is 1.23. The van der Waals surface area contributed by atoms with Crippen molar-refractivity contribution in [3.8, 4) is 11.5 Å². The molecule has 0 aliphatic carbocycles. The molecule has 0 saturated heterocycles. The summed E-state index contributed by atoms with van der Waals surface area (Å²) in [6, 6.07) is 8.78. The second-order valence-corrected chi connectivity index (χ2v) is 5.25. The summed E-state index contributed by atoms with van der Waals surface area (Å²) < 4.78 is 13.4. The molecule has 0 spiro atoms. The Labute approximate surface area is 131 Å². The van der Waals surface area contributed by atoms with Crippen LogP contribution in [0.25, 0.3) is 0 Å². The molecule has 2 rings (SSSR count). The van der Waals surface area contributed by atoms with Crippen molar-refractivity contribution in [3.05, 3.63) is 56.9 Å². The molecule has 21 heavy (non-hydrogen) atoms. The molecule has 0 fully saturated rings. The number of nitrogens with two attached hydrogens (primary N) is 1. The summed E-state index contributed by atoms with van der Waals surface area (Å²) in [6.07, 6.45) is 1.73. The molecular weight excluding hydrogens is 336 g/mol. The maximum Gasteiger partial charge on any atom is 0.250 e. The zero-order chi connectivity index (χ0) is 15.2. The minimum absolute atomic E-state index is 0.0504. The monoisotopic (exact) mass is 352 g/mol. The topological polar surface area (TPSA) is 66.5 Å². The molecule has 0 amide bonds. The Hall–Kier alpha value is -1.79. The smallest absolute Gasteiger partial charge is 0.250 e. The van der Waals surface area contributed by atoms with E-state index in [4.69, 9.17) is 15.2 Å². The molecule has 1 aromatic carbocycles. The predicted octanol–water partition coefficient (Wildman–Crippen LogP) is 2.16. The third-order valence-electron chi connectivity index (χ3n) is 3.00. The minimum Gasteiger partial charge on any atom is -0.493 e. The summed E-state index contributed by atoms with van der Waals surface area (Å²) in [6.45, 7) is 1.25. The van der Waals surface area contributed by atoms with E-state index in [0.717, 1.165) is 10.0 Å². The molecule has 0 radical (unpaired) electrons. The van der Waals surface area contributed by atoms with Crippen LogP contribution < -0.4 is 20.8 Å². The number of nitrogens with zero attached hydrogens (tertiary/aromatic N) is 1. The molecular formula is C15H17BrN2O3. The van der Waals surface area contributed by atoms with Crippen LogP contribution >= 0.6 is 15.9 Å². The summed E-state index contributed by atoms with van der Waals surface area (Å²) in [4.78, 5) is 11.6. The second kappa shape index (κ2) is 7.28. The van der Waals surface area contributed by atoms with E-state index >= 15 is 0 Å². The van der Waals surface area contributed by atoms with Crippen molar-refractivity contribution in [2.45, 2.75) is 13.1 Å². The van der Waals surface area contributed by atoms with Gasteiger partial charge in [-0.05, 0) is 39.7 Å². The highest BCUT2D eigenvalue weighted by Gasteiger charge is 2.11. The summed E-state index contributed by atoms with van der Waals surface area (Å²) in [5, 5.41) is 0. The van der Waals surface area contributed by atoms with E-state index in [9.17, 15) is 4.79 Å². The third kappa shape index (κ3) is 3.86. The zero-order valence-electron chi connectivity index (χ0n) is 11.7. The fourth-order valence-electron chi connectivity index (χ4n) is 1.92. The van der Waals surface area contributed by atoms with Crippen LogP contribution in [0.4, 0.5) is 0 Å². The number of methoxy groups -OCH3 is 1. The quantitative estimate of drug-likeness (QED) is 0.864. The van der Waals surface area contributed by atoms with Crippen LogP contribution in [0, 0.1) is 0 Å². The summed E-state index contributed by atoms with van der Waals surface area (Å²) in [5.41, 5.74) is 6.53. The normalized spacial score (nSPS) is 10.4. The van der Waals surface area contributed by atoms with Gasteiger partial charge in [-0.2, -0.15) is 0 Å². The largest absolute Gasteiger partial charge is 0.493 e. The minimum atomic E-state index is -0.0504. The molecule has 1 aromatic heterocycles. The summed E-state index contributed by atoms with van der Waals surface area (Å²) in [7, 11) is 1.58. The van der Waals surface area contributed by atoms with E-state index in [1.807, 2.05) is 18.2 Å². The fourth-order valence-corrected chi connectivity index (χ4v) is 2.53. The molecule has 0 aliphatic heterocycles. The molecule has 0 aliphatic rings. The lowest BCUT2D eigenvalue weighted by atomic mass is 10.2. The Morgan fingerprint density at radius 3 is 2.81 bits per heavy atom. The van der Waals surface area contributed by atoms with Crippen LogP contribution in [0.1, 0.15) is 5.56 Å². The van der Waals surface area contributed by atoms with Crippen molar-refractivity contribution in [3.63, 3.8) is 0 Å². The Bertz CT molecular complexity index is 670. The third-order valence-corrected chi connectivity index (χ3v) is 3.59. The van der Waals surface area contributed by atoms with E-state index in [1.165, 1.54) is 6.07 Å². The number of aromatic nitrogens is 1. The molecule has 1 heterocycles. The van der Waals surface area contributed by atoms with Crippen molar-refractivity contribution < 1.29 is 9.47 Å². The van der Waals surface area contributed by atoms with Crippen molar-refractivity contribution in [1.29, 1.82) is 0 Å². The molecule has 2 N–H and O–H groups in total. The van der Waals surface area contributed by atoms with Gasteiger partial charge in [-0.3, -0.25) is 4.79 Å². The van der Waals surface area contributed by atoms with Crippen molar-refractivity contribution in [1.82, 2.24) is 4.57 Å². The standard InChI is InChI=1S/C15H17BrN2O3/c1-20-13-9-11(10-17)8-12(16)15(13)21-7-6-18-5-3-2-4-14(18)19/h2-5,8-9H,6-7,10,17H2,1H3. The van der Waals surface area contributed by atoms with Gasteiger partial charge in [0.25, 0.3) is 5.56 Å². The van der Waals surface area contributed by atoms with Crippen LogP contribution in [0.5, 0.6) is 11.5 Å². The van der Waals surface area contributed by atoms with Crippen molar-refractivity contribution in [2.75, 3.05) is 13.7 Å². The highest BCUT2D eigenvalue weighted by Crippen LogP contribution is 2.36. The number of halogens is 1. The molecule has 0 atom stereocenters. The highest BCUT2D eigenvalue weighted by atomic mass is 79.9. The highest BCUT2D eigenvalue weighted by molar-refractivity contribution is 9.10. The van der Waals surface area contributed by atoms with E-state index in [-0.39, 0.29) is 5.56 Å². The van der Waals surface area contributed by atoms with Gasteiger partial charge in [0.2, 0.25) is 0 Å². The van der Waals surface area contributed by atoms with Crippen molar-refractivity contribution in [2.24, 2.45) is 5.73 Å². The Morgan fingerprint density at radius 2 is 2.14 bits per heavy atom. The Morgan fingerprint density at radius 1 is 1.33 bits per heavy atom. The van der Waals surface area contributed by atoms with Gasteiger partial charge in [-0.25, -0.2) is 0 Å². The molecule has 6 heteroatoms. The molecule has 0 unspecified atom stereocenters. The van der Waals surface area contributed by atoms with Crippen LogP contribution in [0.15, 0.2) is 45.8 Å². The molecule has 0 saturated carbocycles. The lowest BCUT2D eigenvalue weighted by molar-refractivity contribution is 0.276. The first kappa shape index (κ1) is 15.6. The van der Waals surface area contributed by atoms with E-state index in [2.05, 4.69) is 15.9 Å². The molecule has 5 nitrogen and oxygen atoms in total. The number of rotatable bonds is 6. The predicted molar refractivity (Wildman–Crippen MR) is 84.8 cm³/mol. The number of hydrogen-bond acceptors (Lipinski definition) is 4. The Balaban J connectivity index is 2.10. The lowest BCUT2D eigenvalue weighted by Gasteiger charge is -2.14. The van der Waals surface area contributed by atoms with Gasteiger partial charge in [-0.1, -0.05) is 6.07 Å². The fraction of sp³-hybridized carbons (Fsp3) is 0.267. The van der Waals surface area contributed by atoms with E-state index in [0.29, 0.717) is 31.2 Å². The number of hydrogen-bond donors (Lipinski definition) is 1. The van der Waals surface area contributed by atoms with E-state index < -0.39 is 0 Å². The van der Waals surface area contributed by atoms with Gasteiger partial charge in [0.05, 0.1) is 18.1 Å². The Kier molecular flexibility index (Phi) is 5.41. The van der Waals surface area contributed by atoms with Crippen molar-refractivity contribution >= 4 is 15.9 Å². The second-order valence-electron chi connectivity index (χ2n) is 4.39. The van der Waals surface area contributed by atoms with Gasteiger partial charge < -0.3 is 19.8 Å². The number of benzene rings is 1. The lowest BCUT2D eigenvalue weighted by Crippen LogP contribution is -2.21. The van der Waals surface area contributed by atoms with Gasteiger partial charge in [0.15, 0.2) is 11.5 Å². The van der Waals surface area contributed by atoms with Crippen LogP contribution in [0.2, 0.25) is 0 Å². The number of pyridine rings is 1. The maximum atomic E-state index is 11.6. The van der Waals surface area contributed by atoms with Crippen LogP contribution in [-0.2, 0) is 13.1 Å². The van der Waals surface area contributed by atoms with Gasteiger partial charge in [0.1, 0.15) is 6.61 Å². The van der Waals surface area contributed by atoms with Gasteiger partial charge in [-0.15, -0.1) is 0 Å². The first-order chi connectivity index (χ1) is 10.2. The first-order valence-electron chi connectivity index (χ1n) is 6.50. The van der Waals surface area contributed by atoms with Crippen LogP contribution in [-0.4, -0.2) is 18.3 Å². The average molecular weight is 353 g/mol. The number of ether oxygens (including phenoxy) is 2. The first-order valence-corrected chi connectivity index (χ1v) is 7.29. The molecule has 2 aromatic rings. The van der Waals surface area contributed by atoms with Crippen LogP contribution in [0.3, 0.4) is 0 Å². The maximum absolute atomic E-state index is 11.6. The average Bonchev–Trinajstić information content (AvgIpc) is 2.50.